The number of rotatable bonds is 7. The van der Waals surface area contributed by atoms with Gasteiger partial charge in [-0.3, -0.25) is 9.59 Å². The molecule has 0 bridgehead atoms. The quantitative estimate of drug-likeness (QED) is 0.629. The number of aryl methyl sites for hydroxylation is 1. The lowest BCUT2D eigenvalue weighted by molar-refractivity contribution is -0.143. The third-order valence-corrected chi connectivity index (χ3v) is 3.64. The van der Waals surface area contributed by atoms with E-state index in [0.29, 0.717) is 4.88 Å². The second kappa shape index (κ2) is 8.19. The third kappa shape index (κ3) is 5.21. The van der Waals surface area contributed by atoms with Gasteiger partial charge in [0.2, 0.25) is 0 Å². The highest BCUT2D eigenvalue weighted by Gasteiger charge is 2.09. The molecule has 1 amide bonds. The maximum absolute atomic E-state index is 11.6. The van der Waals surface area contributed by atoms with Crippen LogP contribution in [0.5, 0.6) is 5.75 Å². The Labute approximate surface area is 132 Å². The highest BCUT2D eigenvalue weighted by molar-refractivity contribution is 7.12. The van der Waals surface area contributed by atoms with E-state index in [1.807, 2.05) is 31.2 Å². The third-order valence-electron chi connectivity index (χ3n) is 2.77. The molecule has 0 aliphatic rings. The standard InChI is InChI=1S/C16H17NO4S/c1-12-4-6-13(7-5-12)20-8-9-21-15(18)11-17-16(19)14-3-2-10-22-14/h2-7,10H,8-9,11H2,1H3,(H,17,19). The fourth-order valence-electron chi connectivity index (χ4n) is 1.65. The summed E-state index contributed by atoms with van der Waals surface area (Å²) in [6.07, 6.45) is 0. The van der Waals surface area contributed by atoms with Crippen molar-refractivity contribution in [2.24, 2.45) is 0 Å². The van der Waals surface area contributed by atoms with E-state index in [1.165, 1.54) is 11.3 Å². The minimum absolute atomic E-state index is 0.140. The van der Waals surface area contributed by atoms with Crippen molar-refractivity contribution in [3.8, 4) is 5.75 Å². The molecule has 0 saturated heterocycles. The molecule has 5 nitrogen and oxygen atoms in total. The van der Waals surface area contributed by atoms with Gasteiger partial charge in [-0.2, -0.15) is 0 Å². The highest BCUT2D eigenvalue weighted by Crippen LogP contribution is 2.11. The molecule has 0 radical (unpaired) electrons. The van der Waals surface area contributed by atoms with Crippen LogP contribution in [0, 0.1) is 6.92 Å². The number of carbonyl (C=O) groups is 2. The van der Waals surface area contributed by atoms with Crippen molar-refractivity contribution in [2.75, 3.05) is 19.8 Å². The summed E-state index contributed by atoms with van der Waals surface area (Å²) in [4.78, 5) is 23.7. The molecule has 6 heteroatoms. The number of carbonyl (C=O) groups excluding carboxylic acids is 2. The first-order chi connectivity index (χ1) is 10.6. The van der Waals surface area contributed by atoms with Crippen molar-refractivity contribution in [3.63, 3.8) is 0 Å². The molecule has 0 aliphatic heterocycles. The van der Waals surface area contributed by atoms with Gasteiger partial charge in [0.25, 0.3) is 5.91 Å². The number of thiophene rings is 1. The molecule has 2 aromatic rings. The van der Waals surface area contributed by atoms with Crippen LogP contribution in [-0.2, 0) is 9.53 Å². The van der Waals surface area contributed by atoms with Gasteiger partial charge in [0.15, 0.2) is 0 Å². The lowest BCUT2D eigenvalue weighted by Gasteiger charge is -2.08. The summed E-state index contributed by atoms with van der Waals surface area (Å²) < 4.78 is 10.4. The van der Waals surface area contributed by atoms with Crippen LogP contribution in [0.15, 0.2) is 41.8 Å². The summed E-state index contributed by atoms with van der Waals surface area (Å²) >= 11 is 1.32. The van der Waals surface area contributed by atoms with Crippen LogP contribution in [0.25, 0.3) is 0 Å². The van der Waals surface area contributed by atoms with E-state index < -0.39 is 5.97 Å². The van der Waals surface area contributed by atoms with Crippen LogP contribution in [0.4, 0.5) is 0 Å². The Morgan fingerprint density at radius 1 is 1.14 bits per heavy atom. The molecule has 1 heterocycles. The number of nitrogens with one attached hydrogen (secondary N) is 1. The fourth-order valence-corrected chi connectivity index (χ4v) is 2.29. The first kappa shape index (κ1) is 16.0. The molecule has 1 N–H and O–H groups in total. The Balaban J connectivity index is 1.59. The molecule has 0 saturated carbocycles. The summed E-state index contributed by atoms with van der Waals surface area (Å²) in [6, 6.07) is 11.1. The lowest BCUT2D eigenvalue weighted by Crippen LogP contribution is -2.30. The molecule has 0 fully saturated rings. The number of hydrogen-bond acceptors (Lipinski definition) is 5. The normalized spacial score (nSPS) is 10.0. The van der Waals surface area contributed by atoms with E-state index in [9.17, 15) is 9.59 Å². The van der Waals surface area contributed by atoms with E-state index in [2.05, 4.69) is 5.32 Å². The van der Waals surface area contributed by atoms with Crippen LogP contribution in [0.2, 0.25) is 0 Å². The van der Waals surface area contributed by atoms with E-state index in [-0.39, 0.29) is 25.7 Å². The molecular formula is C16H17NO4S. The van der Waals surface area contributed by atoms with E-state index in [0.717, 1.165) is 11.3 Å². The smallest absolute Gasteiger partial charge is 0.325 e. The van der Waals surface area contributed by atoms with Gasteiger partial charge in [0.1, 0.15) is 25.5 Å². The zero-order chi connectivity index (χ0) is 15.8. The molecule has 0 atom stereocenters. The second-order valence-corrected chi connectivity index (χ2v) is 5.49. The molecule has 2 rings (SSSR count). The van der Waals surface area contributed by atoms with Crippen LogP contribution in [0.3, 0.4) is 0 Å². The Kier molecular flexibility index (Phi) is 5.97. The maximum atomic E-state index is 11.6. The van der Waals surface area contributed by atoms with Gasteiger partial charge in [-0.1, -0.05) is 23.8 Å². The van der Waals surface area contributed by atoms with Crippen LogP contribution in [0.1, 0.15) is 15.2 Å². The highest BCUT2D eigenvalue weighted by atomic mass is 32.1. The topological polar surface area (TPSA) is 64.6 Å². The van der Waals surface area contributed by atoms with Crippen LogP contribution in [-0.4, -0.2) is 31.6 Å². The molecule has 0 aliphatic carbocycles. The number of benzene rings is 1. The molecule has 22 heavy (non-hydrogen) atoms. The molecule has 0 unspecified atom stereocenters. The average molecular weight is 319 g/mol. The Morgan fingerprint density at radius 2 is 1.91 bits per heavy atom. The van der Waals surface area contributed by atoms with Gasteiger partial charge in [-0.05, 0) is 30.5 Å². The van der Waals surface area contributed by atoms with Crippen molar-refractivity contribution < 1.29 is 19.1 Å². The molecule has 1 aromatic heterocycles. The minimum Gasteiger partial charge on any atom is -0.490 e. The zero-order valence-corrected chi connectivity index (χ0v) is 13.0. The molecule has 0 spiro atoms. The molecular weight excluding hydrogens is 302 g/mol. The number of amides is 1. The number of ether oxygens (including phenoxy) is 2. The van der Waals surface area contributed by atoms with Crippen molar-refractivity contribution in [3.05, 3.63) is 52.2 Å². The van der Waals surface area contributed by atoms with Gasteiger partial charge in [0, 0.05) is 0 Å². The average Bonchev–Trinajstić information content (AvgIpc) is 3.05. The Morgan fingerprint density at radius 3 is 2.59 bits per heavy atom. The lowest BCUT2D eigenvalue weighted by atomic mass is 10.2. The van der Waals surface area contributed by atoms with Crippen molar-refractivity contribution in [1.82, 2.24) is 5.32 Å². The van der Waals surface area contributed by atoms with E-state index in [4.69, 9.17) is 9.47 Å². The Bertz CT molecular complexity index is 608. The second-order valence-electron chi connectivity index (χ2n) is 4.54. The molecule has 116 valence electrons. The first-order valence-corrected chi connectivity index (χ1v) is 7.70. The summed E-state index contributed by atoms with van der Waals surface area (Å²) in [5.41, 5.74) is 1.15. The number of hydrogen-bond donors (Lipinski definition) is 1. The summed E-state index contributed by atoms with van der Waals surface area (Å²) in [5.74, 6) is -0.0343. The van der Waals surface area contributed by atoms with E-state index in [1.54, 1.807) is 17.5 Å². The largest absolute Gasteiger partial charge is 0.490 e. The van der Waals surface area contributed by atoms with Crippen molar-refractivity contribution >= 4 is 23.2 Å². The van der Waals surface area contributed by atoms with Gasteiger partial charge in [-0.15, -0.1) is 11.3 Å². The first-order valence-electron chi connectivity index (χ1n) is 6.82. The summed E-state index contributed by atoms with van der Waals surface area (Å²) in [5, 5.41) is 4.31. The van der Waals surface area contributed by atoms with Gasteiger partial charge < -0.3 is 14.8 Å². The Hall–Kier alpha value is -2.34. The summed E-state index contributed by atoms with van der Waals surface area (Å²) in [7, 11) is 0. The van der Waals surface area contributed by atoms with Gasteiger partial charge in [0.05, 0.1) is 4.88 Å². The van der Waals surface area contributed by atoms with Gasteiger partial charge >= 0.3 is 5.97 Å². The van der Waals surface area contributed by atoms with Crippen LogP contribution >= 0.6 is 11.3 Å². The van der Waals surface area contributed by atoms with Gasteiger partial charge in [-0.25, -0.2) is 0 Å². The zero-order valence-electron chi connectivity index (χ0n) is 12.2. The van der Waals surface area contributed by atoms with Crippen molar-refractivity contribution in [2.45, 2.75) is 6.92 Å². The van der Waals surface area contributed by atoms with Crippen LogP contribution < -0.4 is 10.1 Å². The van der Waals surface area contributed by atoms with Crippen molar-refractivity contribution in [1.29, 1.82) is 0 Å². The maximum Gasteiger partial charge on any atom is 0.325 e. The number of esters is 1. The molecule has 1 aromatic carbocycles. The summed E-state index contributed by atoms with van der Waals surface area (Å²) in [6.45, 7) is 2.26. The van der Waals surface area contributed by atoms with E-state index >= 15 is 0 Å². The predicted molar refractivity (Wildman–Crippen MR) is 84.3 cm³/mol. The SMILES string of the molecule is Cc1ccc(OCCOC(=O)CNC(=O)c2cccs2)cc1. The monoisotopic (exact) mass is 319 g/mol. The predicted octanol–water partition coefficient (Wildman–Crippen LogP) is 2.41. The fraction of sp³-hybridized carbons (Fsp3) is 0.250. The minimum atomic E-state index is -0.489.